The van der Waals surface area contributed by atoms with Crippen molar-refractivity contribution in [2.45, 2.75) is 26.7 Å². The van der Waals surface area contributed by atoms with Gasteiger partial charge in [0, 0.05) is 6.54 Å². The molecular formula is C27H27N3O5. The van der Waals surface area contributed by atoms with Crippen LogP contribution in [0.1, 0.15) is 37.8 Å². The van der Waals surface area contributed by atoms with Crippen molar-refractivity contribution in [1.29, 1.82) is 10.5 Å². The number of ether oxygens (including phenoxy) is 3. The molecule has 2 aromatic rings. The Morgan fingerprint density at radius 3 is 2.20 bits per heavy atom. The fraction of sp³-hybridized carbons (Fsp3) is 0.259. The molecule has 0 saturated heterocycles. The lowest BCUT2D eigenvalue weighted by Gasteiger charge is -2.10. The molecule has 2 aromatic carbocycles. The highest BCUT2D eigenvalue weighted by atomic mass is 16.5. The summed E-state index contributed by atoms with van der Waals surface area (Å²) >= 11 is 0. The van der Waals surface area contributed by atoms with Gasteiger partial charge in [-0.15, -0.1) is 0 Å². The SMILES string of the molecule is CCCCNC(=O)/C(C#N)=C/c1ccc(OC(=O)/C(C#N)=C/c2ccc(OCC)c(OC)c2)cc1. The third-order valence-corrected chi connectivity index (χ3v) is 4.72. The standard InChI is InChI=1S/C27H27N3O5/c1-4-6-13-30-26(31)21(17-28)14-19-7-10-23(11-8-19)35-27(32)22(18-29)15-20-9-12-24(34-5-2)25(16-20)33-3/h7-12,14-16H,4-6,13H2,1-3H3,(H,30,31)/b21-14+,22-15+. The summed E-state index contributed by atoms with van der Waals surface area (Å²) < 4.78 is 16.1. The first kappa shape index (κ1) is 26.7. The number of amides is 1. The van der Waals surface area contributed by atoms with Crippen molar-refractivity contribution in [3.63, 3.8) is 0 Å². The van der Waals surface area contributed by atoms with Crippen LogP contribution in [0.3, 0.4) is 0 Å². The van der Waals surface area contributed by atoms with Crippen LogP contribution in [0.25, 0.3) is 12.2 Å². The highest BCUT2D eigenvalue weighted by Gasteiger charge is 2.14. The highest BCUT2D eigenvalue weighted by Crippen LogP contribution is 2.29. The van der Waals surface area contributed by atoms with Crippen LogP contribution in [-0.2, 0) is 9.59 Å². The van der Waals surface area contributed by atoms with E-state index in [0.717, 1.165) is 12.8 Å². The number of esters is 1. The minimum absolute atomic E-state index is 0.0219. The fourth-order valence-electron chi connectivity index (χ4n) is 2.94. The predicted molar refractivity (Wildman–Crippen MR) is 131 cm³/mol. The summed E-state index contributed by atoms with van der Waals surface area (Å²) in [7, 11) is 1.50. The number of hydrogen-bond acceptors (Lipinski definition) is 7. The zero-order valence-corrected chi connectivity index (χ0v) is 20.0. The third-order valence-electron chi connectivity index (χ3n) is 4.72. The molecule has 8 nitrogen and oxygen atoms in total. The molecule has 35 heavy (non-hydrogen) atoms. The molecule has 1 amide bonds. The van der Waals surface area contributed by atoms with Crippen LogP contribution in [0.15, 0.2) is 53.6 Å². The third kappa shape index (κ3) is 8.06. The van der Waals surface area contributed by atoms with Gasteiger partial charge in [-0.05, 0) is 60.9 Å². The van der Waals surface area contributed by atoms with E-state index in [1.54, 1.807) is 30.3 Å². The lowest BCUT2D eigenvalue weighted by molar-refractivity contribution is -0.129. The maximum atomic E-state index is 12.5. The molecule has 8 heteroatoms. The number of nitrogens with zero attached hydrogens (tertiary/aromatic N) is 2. The van der Waals surface area contributed by atoms with Crippen molar-refractivity contribution in [2.75, 3.05) is 20.3 Å². The zero-order valence-electron chi connectivity index (χ0n) is 20.0. The summed E-state index contributed by atoms with van der Waals surface area (Å²) in [4.78, 5) is 24.6. The van der Waals surface area contributed by atoms with Gasteiger partial charge in [-0.1, -0.05) is 31.5 Å². The van der Waals surface area contributed by atoms with Gasteiger partial charge >= 0.3 is 5.97 Å². The minimum Gasteiger partial charge on any atom is -0.493 e. The maximum Gasteiger partial charge on any atom is 0.354 e. The molecular weight excluding hydrogens is 446 g/mol. The zero-order chi connectivity index (χ0) is 25.6. The van der Waals surface area contributed by atoms with Gasteiger partial charge in [0.25, 0.3) is 5.91 Å². The van der Waals surface area contributed by atoms with E-state index >= 15 is 0 Å². The van der Waals surface area contributed by atoms with Crippen LogP contribution in [0.5, 0.6) is 17.2 Å². The van der Waals surface area contributed by atoms with E-state index in [1.807, 2.05) is 26.0 Å². The van der Waals surface area contributed by atoms with Crippen LogP contribution in [-0.4, -0.2) is 32.1 Å². The van der Waals surface area contributed by atoms with Gasteiger partial charge in [-0.2, -0.15) is 10.5 Å². The number of hydrogen-bond donors (Lipinski definition) is 1. The fourth-order valence-corrected chi connectivity index (χ4v) is 2.94. The number of benzene rings is 2. The van der Waals surface area contributed by atoms with E-state index in [0.29, 0.717) is 35.8 Å². The van der Waals surface area contributed by atoms with Gasteiger partial charge in [-0.3, -0.25) is 4.79 Å². The molecule has 0 spiro atoms. The Morgan fingerprint density at radius 2 is 1.60 bits per heavy atom. The monoisotopic (exact) mass is 473 g/mol. The first-order chi connectivity index (χ1) is 16.9. The average molecular weight is 474 g/mol. The molecule has 0 aliphatic carbocycles. The first-order valence-corrected chi connectivity index (χ1v) is 11.1. The Kier molecular flexibility index (Phi) is 10.6. The van der Waals surface area contributed by atoms with E-state index in [-0.39, 0.29) is 16.9 Å². The second kappa shape index (κ2) is 13.9. The maximum absolute atomic E-state index is 12.5. The van der Waals surface area contributed by atoms with Crippen molar-refractivity contribution >= 4 is 24.0 Å². The number of unbranched alkanes of at least 4 members (excludes halogenated alkanes) is 1. The molecule has 0 radical (unpaired) electrons. The quantitative estimate of drug-likeness (QED) is 0.168. The van der Waals surface area contributed by atoms with Crippen molar-refractivity contribution < 1.29 is 23.8 Å². The van der Waals surface area contributed by atoms with Crippen molar-refractivity contribution in [3.8, 4) is 29.4 Å². The number of carbonyl (C=O) groups excluding carboxylic acids is 2. The van der Waals surface area contributed by atoms with Gasteiger partial charge in [0.05, 0.1) is 13.7 Å². The second-order valence-electron chi connectivity index (χ2n) is 7.25. The predicted octanol–water partition coefficient (Wildman–Crippen LogP) is 4.43. The van der Waals surface area contributed by atoms with E-state index in [1.165, 1.54) is 31.4 Å². The van der Waals surface area contributed by atoms with E-state index < -0.39 is 11.9 Å². The summed E-state index contributed by atoms with van der Waals surface area (Å²) in [6, 6.07) is 15.0. The van der Waals surface area contributed by atoms with Crippen LogP contribution in [0.2, 0.25) is 0 Å². The number of nitrogens with one attached hydrogen (secondary N) is 1. The largest absolute Gasteiger partial charge is 0.493 e. The summed E-state index contributed by atoms with van der Waals surface area (Å²) in [5.74, 6) is -0.0163. The molecule has 0 fully saturated rings. The molecule has 0 aliphatic heterocycles. The Bertz CT molecular complexity index is 1180. The first-order valence-electron chi connectivity index (χ1n) is 11.1. The van der Waals surface area contributed by atoms with Gasteiger partial charge in [0.1, 0.15) is 29.0 Å². The van der Waals surface area contributed by atoms with Crippen molar-refractivity contribution in [2.24, 2.45) is 0 Å². The van der Waals surface area contributed by atoms with Crippen LogP contribution < -0.4 is 19.5 Å². The Hall–Kier alpha value is -4.56. The van der Waals surface area contributed by atoms with Crippen LogP contribution in [0, 0.1) is 22.7 Å². The smallest absolute Gasteiger partial charge is 0.354 e. The van der Waals surface area contributed by atoms with Crippen LogP contribution >= 0.6 is 0 Å². The highest BCUT2D eigenvalue weighted by molar-refractivity contribution is 6.01. The molecule has 180 valence electrons. The summed E-state index contributed by atoms with van der Waals surface area (Å²) in [5.41, 5.74) is 0.937. The lowest BCUT2D eigenvalue weighted by Crippen LogP contribution is -2.25. The van der Waals surface area contributed by atoms with Gasteiger partial charge in [0.15, 0.2) is 11.5 Å². The van der Waals surface area contributed by atoms with Crippen LogP contribution in [0.4, 0.5) is 0 Å². The van der Waals surface area contributed by atoms with E-state index in [4.69, 9.17) is 14.2 Å². The Morgan fingerprint density at radius 1 is 0.943 bits per heavy atom. The Labute approximate surface area is 205 Å². The molecule has 0 atom stereocenters. The van der Waals surface area contributed by atoms with Crippen molar-refractivity contribution in [1.82, 2.24) is 5.32 Å². The second-order valence-corrected chi connectivity index (χ2v) is 7.25. The molecule has 0 aromatic heterocycles. The molecule has 1 N–H and O–H groups in total. The topological polar surface area (TPSA) is 121 Å². The minimum atomic E-state index is -0.823. The summed E-state index contributed by atoms with van der Waals surface area (Å²) in [6.07, 6.45) is 4.61. The van der Waals surface area contributed by atoms with Gasteiger partial charge < -0.3 is 19.5 Å². The van der Waals surface area contributed by atoms with Gasteiger partial charge in [0.2, 0.25) is 0 Å². The van der Waals surface area contributed by atoms with E-state index in [9.17, 15) is 20.1 Å². The number of methoxy groups -OCH3 is 1. The molecule has 0 bridgehead atoms. The summed E-state index contributed by atoms with van der Waals surface area (Å²) in [6.45, 7) is 4.84. The molecule has 0 unspecified atom stereocenters. The summed E-state index contributed by atoms with van der Waals surface area (Å²) in [5, 5.41) is 21.4. The Balaban J connectivity index is 2.12. The van der Waals surface area contributed by atoms with Gasteiger partial charge in [-0.25, -0.2) is 4.79 Å². The molecule has 0 saturated carbocycles. The molecule has 2 rings (SSSR count). The normalized spacial score (nSPS) is 11.1. The average Bonchev–Trinajstić information content (AvgIpc) is 2.87. The number of rotatable bonds is 11. The number of carbonyl (C=O) groups is 2. The van der Waals surface area contributed by atoms with Crippen molar-refractivity contribution in [3.05, 3.63) is 64.7 Å². The molecule has 0 heterocycles. The molecule has 0 aliphatic rings. The van der Waals surface area contributed by atoms with E-state index in [2.05, 4.69) is 5.32 Å². The lowest BCUT2D eigenvalue weighted by atomic mass is 10.1. The number of nitriles is 2.